The number of fused-ring (bicyclic) bond motifs is 3. The second-order valence-corrected chi connectivity index (χ2v) is 24.9. The summed E-state index contributed by atoms with van der Waals surface area (Å²) in [4.78, 5) is 4.95. The van der Waals surface area contributed by atoms with Gasteiger partial charge in [-0.05, 0) is 122 Å². The Morgan fingerprint density at radius 2 is 0.638 bits per heavy atom. The van der Waals surface area contributed by atoms with E-state index in [1.54, 1.807) is 0 Å². The van der Waals surface area contributed by atoms with Crippen LogP contribution < -0.4 is 15.0 Å². The highest BCUT2D eigenvalue weighted by Crippen LogP contribution is 2.56. The molecule has 69 heavy (non-hydrogen) atoms. The molecular formula is C66H56N2Si. The molecule has 3 heteroatoms. The second kappa shape index (κ2) is 17.9. The predicted octanol–water partition coefficient (Wildman–Crippen LogP) is 18.1. The average Bonchev–Trinajstić information content (AvgIpc) is 3.63. The molecule has 1 aliphatic carbocycles. The molecule has 0 aliphatic heterocycles. The van der Waals surface area contributed by atoms with E-state index in [0.717, 1.165) is 34.1 Å². The minimum Gasteiger partial charge on any atom is -0.310 e. The third-order valence-electron chi connectivity index (χ3n) is 14.0. The summed E-state index contributed by atoms with van der Waals surface area (Å²) in [7, 11) is -1.64. The molecule has 0 saturated carbocycles. The van der Waals surface area contributed by atoms with Crippen LogP contribution in [0.1, 0.15) is 25.0 Å². The van der Waals surface area contributed by atoms with Gasteiger partial charge in [0.05, 0.1) is 13.8 Å². The Hall–Kier alpha value is -7.98. The van der Waals surface area contributed by atoms with E-state index in [2.05, 4.69) is 292 Å². The highest BCUT2D eigenvalue weighted by atomic mass is 28.3. The first kappa shape index (κ1) is 43.6. The number of nitrogens with zero attached hydrogens (tertiary/aromatic N) is 2. The lowest BCUT2D eigenvalue weighted by Crippen LogP contribution is -2.38. The van der Waals surface area contributed by atoms with E-state index in [1.165, 1.54) is 71.9 Å². The van der Waals surface area contributed by atoms with Crippen LogP contribution in [0.5, 0.6) is 0 Å². The van der Waals surface area contributed by atoms with E-state index >= 15 is 0 Å². The van der Waals surface area contributed by atoms with Crippen molar-refractivity contribution in [2.75, 3.05) is 9.80 Å². The van der Waals surface area contributed by atoms with Crippen molar-refractivity contribution in [2.45, 2.75) is 38.9 Å². The van der Waals surface area contributed by atoms with Gasteiger partial charge in [0.1, 0.15) is 0 Å². The Morgan fingerprint density at radius 1 is 0.304 bits per heavy atom. The average molecular weight is 905 g/mol. The fraction of sp³-hybridized carbons (Fsp3) is 0.0909. The van der Waals surface area contributed by atoms with Crippen LogP contribution in [0.2, 0.25) is 19.6 Å². The van der Waals surface area contributed by atoms with Gasteiger partial charge in [0.2, 0.25) is 0 Å². The van der Waals surface area contributed by atoms with Crippen molar-refractivity contribution in [1.82, 2.24) is 0 Å². The fourth-order valence-corrected chi connectivity index (χ4v) is 11.4. The zero-order chi connectivity index (χ0) is 47.1. The summed E-state index contributed by atoms with van der Waals surface area (Å²) in [5.74, 6) is 0. The van der Waals surface area contributed by atoms with Crippen molar-refractivity contribution in [2.24, 2.45) is 0 Å². The molecule has 0 fully saturated rings. The molecule has 10 aromatic rings. The van der Waals surface area contributed by atoms with Gasteiger partial charge in [-0.1, -0.05) is 227 Å². The minimum absolute atomic E-state index is 0.287. The van der Waals surface area contributed by atoms with Gasteiger partial charge in [-0.3, -0.25) is 0 Å². The molecule has 1 aliphatic rings. The Labute approximate surface area is 409 Å². The van der Waals surface area contributed by atoms with Crippen LogP contribution in [0.3, 0.4) is 0 Å². The molecule has 0 N–H and O–H groups in total. The van der Waals surface area contributed by atoms with E-state index in [4.69, 9.17) is 0 Å². The standard InChI is InChI=1S/C66H56N2Si/c1-66(2)62-46-60(69(3,4)5)42-43-61(62)65-63(66)44-59(67(55-34-26-51(27-35-55)47-18-10-6-11-19-47)56-36-28-52(29-37-56)48-20-12-7-13-21-48)45-64(65)68(57-38-30-53(31-39-57)49-22-14-8-15-23-49)58-40-32-54(33-41-58)50-24-16-9-17-25-50/h6-46H,1-5H3. The van der Waals surface area contributed by atoms with Gasteiger partial charge in [-0.25, -0.2) is 0 Å². The van der Waals surface area contributed by atoms with E-state index < -0.39 is 8.07 Å². The molecule has 0 unspecified atom stereocenters. The van der Waals surface area contributed by atoms with Crippen molar-refractivity contribution in [1.29, 1.82) is 0 Å². The lowest BCUT2D eigenvalue weighted by atomic mass is 9.82. The highest BCUT2D eigenvalue weighted by molar-refractivity contribution is 6.88. The molecule has 0 spiro atoms. The van der Waals surface area contributed by atoms with Crippen molar-refractivity contribution in [3.05, 3.63) is 260 Å². The lowest BCUT2D eigenvalue weighted by Gasteiger charge is -2.33. The number of benzene rings is 10. The first-order valence-electron chi connectivity index (χ1n) is 24.2. The number of rotatable bonds is 11. The van der Waals surface area contributed by atoms with Crippen LogP contribution in [-0.4, -0.2) is 8.07 Å². The number of hydrogen-bond donors (Lipinski definition) is 0. The SMILES string of the molecule is CC1(C)c2cc([Si](C)(C)C)ccc2-c2c(N(c3ccc(-c4ccccc4)cc3)c3ccc(-c4ccccc4)cc3)cc(N(c3ccc(-c4ccccc4)cc3)c3ccc(-c4ccccc4)cc3)cc21. The molecule has 334 valence electrons. The van der Waals surface area contributed by atoms with E-state index in [-0.39, 0.29) is 5.41 Å². The molecule has 0 bridgehead atoms. The largest absolute Gasteiger partial charge is 0.310 e. The van der Waals surface area contributed by atoms with Gasteiger partial charge in [0.15, 0.2) is 0 Å². The molecule has 2 nitrogen and oxygen atoms in total. The quantitative estimate of drug-likeness (QED) is 0.119. The molecule has 11 rings (SSSR count). The van der Waals surface area contributed by atoms with E-state index in [0.29, 0.717) is 0 Å². The first-order valence-corrected chi connectivity index (χ1v) is 27.7. The van der Waals surface area contributed by atoms with Crippen LogP contribution in [-0.2, 0) is 5.41 Å². The van der Waals surface area contributed by atoms with Gasteiger partial charge < -0.3 is 9.80 Å². The third kappa shape index (κ3) is 8.41. The van der Waals surface area contributed by atoms with E-state index in [1.807, 2.05) is 0 Å². The van der Waals surface area contributed by atoms with Crippen LogP contribution in [0.4, 0.5) is 34.1 Å². The molecule has 0 aromatic heterocycles. The molecule has 0 radical (unpaired) electrons. The zero-order valence-electron chi connectivity index (χ0n) is 40.1. The highest BCUT2D eigenvalue weighted by Gasteiger charge is 2.40. The monoisotopic (exact) mass is 904 g/mol. The Kier molecular flexibility index (Phi) is 11.3. The first-order chi connectivity index (χ1) is 33.6. The summed E-state index contributed by atoms with van der Waals surface area (Å²) >= 11 is 0. The van der Waals surface area contributed by atoms with Gasteiger partial charge in [0.25, 0.3) is 0 Å². The molecule has 0 heterocycles. The normalized spacial score (nSPS) is 12.5. The van der Waals surface area contributed by atoms with Crippen LogP contribution in [0.25, 0.3) is 55.6 Å². The zero-order valence-corrected chi connectivity index (χ0v) is 41.1. The van der Waals surface area contributed by atoms with Gasteiger partial charge in [-0.15, -0.1) is 0 Å². The predicted molar refractivity (Wildman–Crippen MR) is 298 cm³/mol. The fourth-order valence-electron chi connectivity index (χ4n) is 10.2. The summed E-state index contributed by atoms with van der Waals surface area (Å²) in [5.41, 5.74) is 21.2. The molecule has 0 atom stereocenters. The Morgan fingerprint density at radius 3 is 0.986 bits per heavy atom. The van der Waals surface area contributed by atoms with Gasteiger partial charge >= 0.3 is 0 Å². The number of anilines is 6. The lowest BCUT2D eigenvalue weighted by molar-refractivity contribution is 0.661. The second-order valence-electron chi connectivity index (χ2n) is 19.8. The van der Waals surface area contributed by atoms with E-state index in [9.17, 15) is 0 Å². The summed E-state index contributed by atoms with van der Waals surface area (Å²) in [6.07, 6.45) is 0. The molecule has 10 aromatic carbocycles. The van der Waals surface area contributed by atoms with Crippen molar-refractivity contribution in [3.63, 3.8) is 0 Å². The van der Waals surface area contributed by atoms with Crippen LogP contribution in [0, 0.1) is 0 Å². The third-order valence-corrected chi connectivity index (χ3v) is 16.1. The molecule has 0 amide bonds. The molecule has 0 saturated heterocycles. The Balaban J connectivity index is 1.16. The minimum atomic E-state index is -1.64. The smallest absolute Gasteiger partial charge is 0.0776 e. The summed E-state index contributed by atoms with van der Waals surface area (Å²) < 4.78 is 0. The summed E-state index contributed by atoms with van der Waals surface area (Å²) in [5, 5.41) is 1.48. The van der Waals surface area contributed by atoms with Gasteiger partial charge in [0, 0.05) is 39.4 Å². The van der Waals surface area contributed by atoms with Gasteiger partial charge in [-0.2, -0.15) is 0 Å². The maximum Gasteiger partial charge on any atom is 0.0776 e. The topological polar surface area (TPSA) is 6.48 Å². The van der Waals surface area contributed by atoms with Crippen molar-refractivity contribution in [3.8, 4) is 55.6 Å². The van der Waals surface area contributed by atoms with Crippen LogP contribution >= 0.6 is 0 Å². The molecular weight excluding hydrogens is 849 g/mol. The summed E-state index contributed by atoms with van der Waals surface area (Å²) in [6, 6.07) is 91.4. The van der Waals surface area contributed by atoms with Crippen molar-refractivity contribution < 1.29 is 0 Å². The maximum atomic E-state index is 2.54. The number of hydrogen-bond acceptors (Lipinski definition) is 2. The maximum absolute atomic E-state index is 2.54. The summed E-state index contributed by atoms with van der Waals surface area (Å²) in [6.45, 7) is 12.2. The van der Waals surface area contributed by atoms with Crippen molar-refractivity contribution >= 4 is 47.4 Å². The Bertz CT molecular complexity index is 3210. The van der Waals surface area contributed by atoms with Crippen LogP contribution in [0.15, 0.2) is 249 Å².